The van der Waals surface area contributed by atoms with E-state index in [1.807, 2.05) is 6.07 Å². The van der Waals surface area contributed by atoms with Gasteiger partial charge in [-0.2, -0.15) is 0 Å². The quantitative estimate of drug-likeness (QED) is 0.674. The summed E-state index contributed by atoms with van der Waals surface area (Å²) in [7, 11) is 1.56. The first-order valence-electron chi connectivity index (χ1n) is 6.39. The second-order valence-electron chi connectivity index (χ2n) is 4.53. The summed E-state index contributed by atoms with van der Waals surface area (Å²) < 4.78 is 5.28. The zero-order valence-electron chi connectivity index (χ0n) is 11.7. The zero-order chi connectivity index (χ0) is 14.8. The smallest absolute Gasteiger partial charge is 0.204 e. The summed E-state index contributed by atoms with van der Waals surface area (Å²) >= 11 is 0. The van der Waals surface area contributed by atoms with Gasteiger partial charge in [0.2, 0.25) is 5.78 Å². The number of fused-ring (bicyclic) bond motifs is 1. The summed E-state index contributed by atoms with van der Waals surface area (Å²) in [4.78, 5) is 20.5. The molecule has 0 saturated heterocycles. The number of nitrogen functional groups attached to an aromatic ring is 1. The number of rotatable bonds is 2. The van der Waals surface area contributed by atoms with Gasteiger partial charge >= 0.3 is 0 Å². The van der Waals surface area contributed by atoms with Crippen molar-refractivity contribution in [1.29, 1.82) is 0 Å². The minimum Gasteiger partial charge on any atom is -0.494 e. The molecule has 0 unspecified atom stereocenters. The number of nitrogens with zero attached hydrogens (tertiary/aromatic N) is 2. The number of ether oxygens (including phenoxy) is 1. The van der Waals surface area contributed by atoms with E-state index in [-0.39, 0.29) is 22.3 Å². The molecule has 0 fully saturated rings. The van der Waals surface area contributed by atoms with Crippen molar-refractivity contribution < 1.29 is 26.0 Å². The Morgan fingerprint density at radius 2 is 2.05 bits per heavy atom. The van der Waals surface area contributed by atoms with Gasteiger partial charge in [-0.3, -0.25) is 9.78 Å². The van der Waals surface area contributed by atoms with Gasteiger partial charge in [-0.05, 0) is 36.4 Å². The number of carbonyl (C=O) groups is 1. The number of nitrogens with two attached hydrogens (primary N) is 1. The largest absolute Gasteiger partial charge is 0.494 e. The summed E-state index contributed by atoms with van der Waals surface area (Å²) in [5.74, 6) is 0.465. The first-order valence-corrected chi connectivity index (χ1v) is 6.39. The molecule has 1 aromatic heterocycles. The van der Waals surface area contributed by atoms with Crippen LogP contribution in [0, 0.1) is 0 Å². The fraction of sp³-hybridized carbons (Fsp3) is 0.0625. The van der Waals surface area contributed by atoms with Crippen LogP contribution in [0.25, 0.3) is 0 Å². The molecule has 0 bridgehead atoms. The number of hydrogen-bond acceptors (Lipinski definition) is 5. The van der Waals surface area contributed by atoms with Crippen molar-refractivity contribution in [1.82, 2.24) is 4.98 Å². The summed E-state index contributed by atoms with van der Waals surface area (Å²) in [5, 5.41) is 0. The first kappa shape index (κ1) is 15.9. The number of hydrogen-bond donors (Lipinski definition) is 1. The normalized spacial score (nSPS) is 14.4. The number of ketones is 1. The molecule has 0 radical (unpaired) electrons. The molecule has 22 heavy (non-hydrogen) atoms. The van der Waals surface area contributed by atoms with Crippen LogP contribution in [0.2, 0.25) is 0 Å². The number of pyridine rings is 1. The predicted octanol–water partition coefficient (Wildman–Crippen LogP) is 2.54. The number of aliphatic imine (C=N–C) groups is 1. The van der Waals surface area contributed by atoms with Crippen molar-refractivity contribution in [2.45, 2.75) is 0 Å². The van der Waals surface area contributed by atoms with Gasteiger partial charge in [-0.15, -0.1) is 0 Å². The molecule has 0 spiro atoms. The van der Waals surface area contributed by atoms with Gasteiger partial charge in [0, 0.05) is 40.0 Å². The number of allylic oxidation sites excluding steroid dienone is 2. The molecule has 1 aliphatic carbocycles. The predicted molar refractivity (Wildman–Crippen MR) is 81.3 cm³/mol. The Morgan fingerprint density at radius 1 is 1.23 bits per heavy atom. The summed E-state index contributed by atoms with van der Waals surface area (Å²) in [6, 6.07) is 8.85. The summed E-state index contributed by atoms with van der Waals surface area (Å²) in [6.45, 7) is 0. The van der Waals surface area contributed by atoms with Crippen molar-refractivity contribution in [2.24, 2.45) is 4.99 Å². The maximum absolute atomic E-state index is 11.8. The Labute approximate surface area is 137 Å². The van der Waals surface area contributed by atoms with Crippen molar-refractivity contribution in [3.05, 3.63) is 59.9 Å². The average molecular weight is 338 g/mol. The Morgan fingerprint density at radius 3 is 2.82 bits per heavy atom. The van der Waals surface area contributed by atoms with Crippen LogP contribution < -0.4 is 10.5 Å². The Balaban J connectivity index is 0.00000176. The maximum atomic E-state index is 11.8. The van der Waals surface area contributed by atoms with Gasteiger partial charge in [0.1, 0.15) is 17.1 Å². The number of carbonyl (C=O) groups excluding carboxylic acids is 1. The molecule has 0 saturated carbocycles. The molecule has 2 aromatic rings. The van der Waals surface area contributed by atoms with Gasteiger partial charge < -0.3 is 10.5 Å². The molecular weight excluding hydrogens is 325 g/mol. The van der Waals surface area contributed by atoms with E-state index in [0.29, 0.717) is 34.1 Å². The molecule has 0 aliphatic heterocycles. The SMILES string of the molecule is COc1cc(N)ccc1N=C1C=CC(=O)c2ncccc21.[Ni]. The third kappa shape index (κ3) is 2.92. The van der Waals surface area contributed by atoms with E-state index in [0.717, 1.165) is 0 Å². The molecule has 1 aromatic carbocycles. The van der Waals surface area contributed by atoms with E-state index >= 15 is 0 Å². The van der Waals surface area contributed by atoms with Crippen molar-refractivity contribution in [3.8, 4) is 5.75 Å². The Bertz CT molecular complexity index is 785. The van der Waals surface area contributed by atoms with E-state index in [1.165, 1.54) is 6.08 Å². The Hall–Kier alpha value is -2.46. The fourth-order valence-electron chi connectivity index (χ4n) is 2.15. The first-order chi connectivity index (χ1) is 10.2. The monoisotopic (exact) mass is 337 g/mol. The van der Waals surface area contributed by atoms with Crippen LogP contribution in [0.1, 0.15) is 16.1 Å². The minimum atomic E-state index is -0.117. The van der Waals surface area contributed by atoms with Crippen LogP contribution >= 0.6 is 0 Å². The van der Waals surface area contributed by atoms with E-state index < -0.39 is 0 Å². The molecule has 1 heterocycles. The van der Waals surface area contributed by atoms with Gasteiger partial charge in [-0.1, -0.05) is 0 Å². The number of aromatic nitrogens is 1. The third-order valence-corrected chi connectivity index (χ3v) is 3.15. The fourth-order valence-corrected chi connectivity index (χ4v) is 2.15. The molecular formula is C16H13N3NiO2. The van der Waals surface area contributed by atoms with Gasteiger partial charge in [0.05, 0.1) is 12.8 Å². The molecule has 5 nitrogen and oxygen atoms in total. The van der Waals surface area contributed by atoms with Crippen molar-refractivity contribution in [3.63, 3.8) is 0 Å². The van der Waals surface area contributed by atoms with Crippen LogP contribution in [0.4, 0.5) is 11.4 Å². The number of benzene rings is 1. The van der Waals surface area contributed by atoms with Gasteiger partial charge in [0.15, 0.2) is 0 Å². The van der Waals surface area contributed by atoms with E-state index in [9.17, 15) is 4.79 Å². The van der Waals surface area contributed by atoms with Crippen LogP contribution in [0.15, 0.2) is 53.7 Å². The van der Waals surface area contributed by atoms with E-state index in [2.05, 4.69) is 9.98 Å². The minimum absolute atomic E-state index is 0. The van der Waals surface area contributed by atoms with E-state index in [1.54, 1.807) is 43.6 Å². The maximum Gasteiger partial charge on any atom is 0.204 e. The molecule has 3 rings (SSSR count). The molecule has 0 atom stereocenters. The van der Waals surface area contributed by atoms with Crippen LogP contribution in [-0.2, 0) is 16.5 Å². The molecule has 0 amide bonds. The topological polar surface area (TPSA) is 77.6 Å². The van der Waals surface area contributed by atoms with Crippen LogP contribution in [-0.4, -0.2) is 23.6 Å². The second-order valence-corrected chi connectivity index (χ2v) is 4.53. The second kappa shape index (κ2) is 6.54. The Kier molecular flexibility index (Phi) is 4.73. The molecule has 114 valence electrons. The van der Waals surface area contributed by atoms with Crippen molar-refractivity contribution in [2.75, 3.05) is 12.8 Å². The van der Waals surface area contributed by atoms with Crippen molar-refractivity contribution >= 4 is 22.9 Å². The van der Waals surface area contributed by atoms with Crippen LogP contribution in [0.3, 0.4) is 0 Å². The van der Waals surface area contributed by atoms with Crippen LogP contribution in [0.5, 0.6) is 5.75 Å². The van der Waals surface area contributed by atoms with Gasteiger partial charge in [-0.25, -0.2) is 4.99 Å². The average Bonchev–Trinajstić information content (AvgIpc) is 2.52. The standard InChI is InChI=1S/C16H13N3O2.Ni/c1-21-15-9-10(17)4-5-13(15)19-12-6-7-14(20)16-11(12)3-2-8-18-16;/h2-9H,17H2,1H3;. The summed E-state index contributed by atoms with van der Waals surface area (Å²) in [6.07, 6.45) is 4.75. The van der Waals surface area contributed by atoms with E-state index in [4.69, 9.17) is 10.5 Å². The molecule has 6 heteroatoms. The number of methoxy groups -OCH3 is 1. The number of anilines is 1. The zero-order valence-corrected chi connectivity index (χ0v) is 12.7. The molecule has 2 N–H and O–H groups in total. The van der Waals surface area contributed by atoms with Gasteiger partial charge in [0.25, 0.3) is 0 Å². The summed E-state index contributed by atoms with van der Waals surface area (Å²) in [5.41, 5.74) is 8.78. The molecule has 1 aliphatic rings. The third-order valence-electron chi connectivity index (χ3n) is 3.15.